The summed E-state index contributed by atoms with van der Waals surface area (Å²) in [5, 5.41) is 13.6. The second kappa shape index (κ2) is 7.97. The summed E-state index contributed by atoms with van der Waals surface area (Å²) in [5.74, 6) is -1.14. The minimum atomic E-state index is -0.907. The first-order valence-electron chi connectivity index (χ1n) is 7.09. The standard InChI is InChI=1S/C15H17FN4O4/c16-10-6-11(19-14(22)9-2-3-18-8-9)13(24-5-1-4-21)12(7-10)20-15(17)23/h2-3,6-8,18,21H,1,4-5H2,(H,19,22)(H3,17,20,23). The number of aromatic nitrogens is 1. The number of carbonyl (C=O) groups is 2. The lowest BCUT2D eigenvalue weighted by atomic mass is 10.2. The number of H-pyrrole nitrogens is 1. The Kier molecular flexibility index (Phi) is 5.74. The number of benzene rings is 1. The van der Waals surface area contributed by atoms with Gasteiger partial charge in [0.25, 0.3) is 5.91 Å². The number of halogens is 1. The van der Waals surface area contributed by atoms with Crippen LogP contribution in [0, 0.1) is 5.82 Å². The second-order valence-electron chi connectivity index (χ2n) is 4.80. The minimum absolute atomic E-state index is 0.0233. The van der Waals surface area contributed by atoms with Gasteiger partial charge in [0.2, 0.25) is 0 Å². The first kappa shape index (κ1) is 17.3. The lowest BCUT2D eigenvalue weighted by molar-refractivity contribution is 0.102. The van der Waals surface area contributed by atoms with E-state index in [0.717, 1.165) is 12.1 Å². The number of carbonyl (C=O) groups excluding carboxylic acids is 2. The Labute approximate surface area is 136 Å². The van der Waals surface area contributed by atoms with Gasteiger partial charge in [0, 0.05) is 37.6 Å². The van der Waals surface area contributed by atoms with Gasteiger partial charge in [-0.1, -0.05) is 0 Å². The lowest BCUT2D eigenvalue weighted by Gasteiger charge is -2.16. The van der Waals surface area contributed by atoms with Gasteiger partial charge in [0.1, 0.15) is 5.82 Å². The molecule has 9 heteroatoms. The quantitative estimate of drug-likeness (QED) is 0.492. The zero-order valence-corrected chi connectivity index (χ0v) is 12.6. The predicted octanol–water partition coefficient (Wildman–Crippen LogP) is 1.66. The van der Waals surface area contributed by atoms with Crippen LogP contribution in [-0.2, 0) is 0 Å². The van der Waals surface area contributed by atoms with Crippen molar-refractivity contribution in [2.24, 2.45) is 5.73 Å². The molecule has 0 unspecified atom stereocenters. The molecule has 1 aromatic heterocycles. The smallest absolute Gasteiger partial charge is 0.316 e. The van der Waals surface area contributed by atoms with Crippen molar-refractivity contribution in [3.8, 4) is 5.75 Å². The van der Waals surface area contributed by atoms with Gasteiger partial charge in [-0.05, 0) is 6.07 Å². The number of nitrogens with one attached hydrogen (secondary N) is 3. The Morgan fingerprint density at radius 2 is 2.00 bits per heavy atom. The van der Waals surface area contributed by atoms with Crippen LogP contribution in [0.2, 0.25) is 0 Å². The number of urea groups is 1. The number of hydrogen-bond acceptors (Lipinski definition) is 4. The maximum Gasteiger partial charge on any atom is 0.316 e. The Hall–Kier alpha value is -3.07. The Morgan fingerprint density at radius 3 is 2.58 bits per heavy atom. The molecule has 128 valence electrons. The zero-order valence-electron chi connectivity index (χ0n) is 12.6. The van der Waals surface area contributed by atoms with E-state index in [4.69, 9.17) is 15.6 Å². The molecular formula is C15H17FN4O4. The van der Waals surface area contributed by atoms with Gasteiger partial charge in [-0.3, -0.25) is 4.79 Å². The summed E-state index contributed by atoms with van der Waals surface area (Å²) < 4.78 is 19.3. The maximum atomic E-state index is 13.8. The van der Waals surface area contributed by atoms with Crippen LogP contribution in [-0.4, -0.2) is 35.2 Å². The molecule has 0 bridgehead atoms. The number of nitrogens with two attached hydrogens (primary N) is 1. The van der Waals surface area contributed by atoms with Gasteiger partial charge in [-0.15, -0.1) is 0 Å². The number of aliphatic hydroxyl groups is 1. The van der Waals surface area contributed by atoms with E-state index in [1.165, 1.54) is 6.20 Å². The van der Waals surface area contributed by atoms with Crippen molar-refractivity contribution < 1.29 is 23.8 Å². The molecule has 3 amide bonds. The van der Waals surface area contributed by atoms with Crippen molar-refractivity contribution in [1.82, 2.24) is 4.98 Å². The van der Waals surface area contributed by atoms with Crippen LogP contribution in [0.1, 0.15) is 16.8 Å². The average Bonchev–Trinajstić information content (AvgIpc) is 3.03. The lowest BCUT2D eigenvalue weighted by Crippen LogP contribution is -2.21. The summed E-state index contributed by atoms with van der Waals surface area (Å²) in [6, 6.07) is 2.72. The van der Waals surface area contributed by atoms with E-state index >= 15 is 0 Å². The van der Waals surface area contributed by atoms with Crippen molar-refractivity contribution in [2.75, 3.05) is 23.8 Å². The Balaban J connectivity index is 2.33. The number of primary amides is 1. The van der Waals surface area contributed by atoms with Crippen LogP contribution < -0.4 is 21.1 Å². The molecule has 0 atom stereocenters. The number of aliphatic hydroxyl groups excluding tert-OH is 1. The van der Waals surface area contributed by atoms with Crippen LogP contribution in [0.15, 0.2) is 30.6 Å². The highest BCUT2D eigenvalue weighted by Gasteiger charge is 2.17. The molecule has 0 aliphatic heterocycles. The SMILES string of the molecule is NC(=O)Nc1cc(F)cc(NC(=O)c2cc[nH]c2)c1OCCCO. The molecule has 24 heavy (non-hydrogen) atoms. The number of anilines is 2. The molecule has 0 saturated carbocycles. The molecular weight excluding hydrogens is 319 g/mol. The highest BCUT2D eigenvalue weighted by atomic mass is 19.1. The zero-order chi connectivity index (χ0) is 17.5. The molecule has 0 radical (unpaired) electrons. The highest BCUT2D eigenvalue weighted by Crippen LogP contribution is 2.35. The largest absolute Gasteiger partial charge is 0.489 e. The minimum Gasteiger partial charge on any atom is -0.489 e. The van der Waals surface area contributed by atoms with Crippen LogP contribution >= 0.6 is 0 Å². The average molecular weight is 336 g/mol. The summed E-state index contributed by atoms with van der Waals surface area (Å²) in [6.07, 6.45) is 3.36. The second-order valence-corrected chi connectivity index (χ2v) is 4.80. The fourth-order valence-electron chi connectivity index (χ4n) is 1.97. The molecule has 0 aliphatic rings. The fourth-order valence-corrected chi connectivity index (χ4v) is 1.97. The van der Waals surface area contributed by atoms with Crippen molar-refractivity contribution in [3.05, 3.63) is 42.0 Å². The molecule has 0 saturated heterocycles. The van der Waals surface area contributed by atoms with Crippen molar-refractivity contribution in [2.45, 2.75) is 6.42 Å². The van der Waals surface area contributed by atoms with Crippen molar-refractivity contribution in [3.63, 3.8) is 0 Å². The van der Waals surface area contributed by atoms with Crippen molar-refractivity contribution in [1.29, 1.82) is 0 Å². The molecule has 8 nitrogen and oxygen atoms in total. The van der Waals surface area contributed by atoms with Gasteiger partial charge in [0.15, 0.2) is 5.75 Å². The number of rotatable bonds is 7. The maximum absolute atomic E-state index is 13.8. The molecule has 0 spiro atoms. The van der Waals surface area contributed by atoms with Gasteiger partial charge < -0.3 is 31.2 Å². The van der Waals surface area contributed by atoms with Crippen LogP contribution in [0.5, 0.6) is 5.75 Å². The van der Waals surface area contributed by atoms with Gasteiger partial charge in [-0.2, -0.15) is 0 Å². The monoisotopic (exact) mass is 336 g/mol. The molecule has 2 aromatic rings. The number of aromatic amines is 1. The van der Waals surface area contributed by atoms with E-state index in [-0.39, 0.29) is 30.3 Å². The van der Waals surface area contributed by atoms with Gasteiger partial charge >= 0.3 is 6.03 Å². The van der Waals surface area contributed by atoms with Crippen LogP contribution in [0.3, 0.4) is 0 Å². The van der Waals surface area contributed by atoms with E-state index < -0.39 is 17.8 Å². The van der Waals surface area contributed by atoms with Crippen molar-refractivity contribution >= 4 is 23.3 Å². The third-order valence-corrected chi connectivity index (χ3v) is 2.97. The van der Waals surface area contributed by atoms with E-state index in [0.29, 0.717) is 12.0 Å². The van der Waals surface area contributed by atoms with Gasteiger partial charge in [0.05, 0.1) is 23.5 Å². The summed E-state index contributed by atoms with van der Waals surface area (Å²) in [4.78, 5) is 26.0. The fraction of sp³-hybridized carbons (Fsp3) is 0.200. The number of amides is 3. The summed E-state index contributed by atoms with van der Waals surface area (Å²) in [7, 11) is 0. The first-order valence-corrected chi connectivity index (χ1v) is 7.09. The van der Waals surface area contributed by atoms with Crippen LogP contribution in [0.25, 0.3) is 0 Å². The topological polar surface area (TPSA) is 129 Å². The molecule has 1 heterocycles. The van der Waals surface area contributed by atoms with E-state index in [1.807, 2.05) is 0 Å². The summed E-state index contributed by atoms with van der Waals surface area (Å²) in [5.41, 5.74) is 5.41. The Bertz CT molecular complexity index is 719. The normalized spacial score (nSPS) is 10.2. The van der Waals surface area contributed by atoms with E-state index in [2.05, 4.69) is 15.6 Å². The first-order chi connectivity index (χ1) is 11.5. The summed E-state index contributed by atoms with van der Waals surface area (Å²) >= 11 is 0. The third-order valence-electron chi connectivity index (χ3n) is 2.97. The Morgan fingerprint density at radius 1 is 1.29 bits per heavy atom. The molecule has 2 rings (SSSR count). The van der Waals surface area contributed by atoms with E-state index in [1.54, 1.807) is 12.3 Å². The van der Waals surface area contributed by atoms with E-state index in [9.17, 15) is 14.0 Å². The molecule has 6 N–H and O–H groups in total. The molecule has 0 fully saturated rings. The number of ether oxygens (including phenoxy) is 1. The summed E-state index contributed by atoms with van der Waals surface area (Å²) in [6.45, 7) is -0.00653. The molecule has 1 aromatic carbocycles. The highest BCUT2D eigenvalue weighted by molar-refractivity contribution is 6.06. The predicted molar refractivity (Wildman–Crippen MR) is 85.5 cm³/mol. The van der Waals surface area contributed by atoms with Gasteiger partial charge in [-0.25, -0.2) is 9.18 Å². The van der Waals surface area contributed by atoms with Crippen LogP contribution in [0.4, 0.5) is 20.6 Å². The number of hydrogen-bond donors (Lipinski definition) is 5. The third kappa shape index (κ3) is 4.46. The molecule has 0 aliphatic carbocycles.